The van der Waals surface area contributed by atoms with E-state index < -0.39 is 41.4 Å². The summed E-state index contributed by atoms with van der Waals surface area (Å²) in [5.74, 6) is -1.84. The molecular weight excluding hydrogens is 396 g/mol. The van der Waals surface area contributed by atoms with Crippen LogP contribution in [0.2, 0.25) is 0 Å². The average molecular weight is 418 g/mol. The van der Waals surface area contributed by atoms with Crippen molar-refractivity contribution in [3.05, 3.63) is 66.2 Å². The molecule has 0 heterocycles. The third kappa shape index (κ3) is 8.14. The molecule has 9 heteroatoms. The number of nitrogens with one attached hydrogen (secondary N) is 2. The van der Waals surface area contributed by atoms with Crippen LogP contribution in [0.15, 0.2) is 65.6 Å². The summed E-state index contributed by atoms with van der Waals surface area (Å²) in [4.78, 5) is 35.5. The summed E-state index contributed by atoms with van der Waals surface area (Å²) in [7, 11) is -1.37. The van der Waals surface area contributed by atoms with Crippen LogP contribution in [0.25, 0.3) is 0 Å². The van der Waals surface area contributed by atoms with Gasteiger partial charge in [0.2, 0.25) is 5.91 Å². The van der Waals surface area contributed by atoms with Crippen molar-refractivity contribution in [1.82, 2.24) is 10.6 Å². The van der Waals surface area contributed by atoms with Gasteiger partial charge in [-0.2, -0.15) is 0 Å². The maximum absolute atomic E-state index is 12.2. The van der Waals surface area contributed by atoms with E-state index in [0.717, 1.165) is 5.56 Å². The summed E-state index contributed by atoms with van der Waals surface area (Å²) >= 11 is 0. The third-order valence-electron chi connectivity index (χ3n) is 3.84. The molecule has 0 saturated heterocycles. The zero-order valence-corrected chi connectivity index (χ0v) is 16.4. The highest BCUT2D eigenvalue weighted by Gasteiger charge is 2.21. The highest BCUT2D eigenvalue weighted by atomic mass is 32.2. The molecular formula is C20H22N2O6S. The smallest absolute Gasteiger partial charge is 0.407 e. The zero-order valence-electron chi connectivity index (χ0n) is 15.6. The van der Waals surface area contributed by atoms with Crippen molar-refractivity contribution in [2.75, 3.05) is 12.3 Å². The fourth-order valence-corrected chi connectivity index (χ4v) is 3.49. The van der Waals surface area contributed by atoms with Crippen molar-refractivity contribution in [3.63, 3.8) is 0 Å². The minimum Gasteiger partial charge on any atom is -0.480 e. The Kier molecular flexibility index (Phi) is 8.84. The topological polar surface area (TPSA) is 122 Å². The number of rotatable bonds is 10. The molecule has 2 atom stereocenters. The number of carbonyl (C=O) groups excluding carboxylic acids is 2. The van der Waals surface area contributed by atoms with Gasteiger partial charge in [-0.3, -0.25) is 9.00 Å². The average Bonchev–Trinajstić information content (AvgIpc) is 2.74. The number of carboxylic acid groups (broad SMARTS) is 1. The molecule has 2 rings (SSSR count). The lowest BCUT2D eigenvalue weighted by Crippen LogP contribution is -2.46. The van der Waals surface area contributed by atoms with Gasteiger partial charge < -0.3 is 20.5 Å². The van der Waals surface area contributed by atoms with Crippen LogP contribution < -0.4 is 10.6 Å². The molecule has 0 aliphatic heterocycles. The highest BCUT2D eigenvalue weighted by molar-refractivity contribution is 7.85. The van der Waals surface area contributed by atoms with Gasteiger partial charge in [0.25, 0.3) is 0 Å². The molecule has 0 aromatic heterocycles. The fourth-order valence-electron chi connectivity index (χ4n) is 2.34. The van der Waals surface area contributed by atoms with Crippen LogP contribution in [0.1, 0.15) is 12.0 Å². The van der Waals surface area contributed by atoms with Gasteiger partial charge in [0.15, 0.2) is 0 Å². The Balaban J connectivity index is 1.73. The first-order valence-electron chi connectivity index (χ1n) is 8.86. The normalized spacial score (nSPS) is 12.4. The van der Waals surface area contributed by atoms with Gasteiger partial charge in [-0.1, -0.05) is 48.5 Å². The predicted molar refractivity (Wildman–Crippen MR) is 107 cm³/mol. The van der Waals surface area contributed by atoms with Gasteiger partial charge in [0.05, 0.1) is 10.8 Å². The summed E-state index contributed by atoms with van der Waals surface area (Å²) < 4.78 is 17.2. The van der Waals surface area contributed by atoms with E-state index in [9.17, 15) is 23.7 Å². The molecule has 0 saturated carbocycles. The molecule has 154 valence electrons. The lowest BCUT2D eigenvalue weighted by Gasteiger charge is -2.14. The molecule has 2 aromatic carbocycles. The molecule has 0 spiro atoms. The van der Waals surface area contributed by atoms with E-state index in [1.807, 2.05) is 6.07 Å². The standard InChI is InChI=1S/C20H22N2O6S/c23-18(13-21-20(26)28-14-15-7-3-1-4-8-15)22-17(19(24)25)11-12-29(27)16-9-5-2-6-10-16/h1-10,17H,11-14H2,(H,21,26)(H,22,23)(H,24,25)/t17-,29+/m1/s1. The van der Waals surface area contributed by atoms with Crippen LogP contribution in [-0.4, -0.2) is 45.6 Å². The van der Waals surface area contributed by atoms with Gasteiger partial charge in [0, 0.05) is 10.6 Å². The van der Waals surface area contributed by atoms with Crippen LogP contribution in [0.3, 0.4) is 0 Å². The predicted octanol–water partition coefficient (Wildman–Crippen LogP) is 1.68. The molecule has 0 unspecified atom stereocenters. The molecule has 3 N–H and O–H groups in total. The Morgan fingerprint density at radius 2 is 1.62 bits per heavy atom. The van der Waals surface area contributed by atoms with E-state index in [-0.39, 0.29) is 18.8 Å². The van der Waals surface area contributed by atoms with E-state index in [0.29, 0.717) is 4.90 Å². The van der Waals surface area contributed by atoms with Crippen molar-refractivity contribution in [2.45, 2.75) is 24.0 Å². The van der Waals surface area contributed by atoms with Crippen LogP contribution >= 0.6 is 0 Å². The van der Waals surface area contributed by atoms with Crippen molar-refractivity contribution in [2.24, 2.45) is 0 Å². The van der Waals surface area contributed by atoms with E-state index in [4.69, 9.17) is 4.74 Å². The Morgan fingerprint density at radius 3 is 2.24 bits per heavy atom. The first kappa shape index (κ1) is 22.1. The van der Waals surface area contributed by atoms with Crippen LogP contribution in [0.5, 0.6) is 0 Å². The van der Waals surface area contributed by atoms with E-state index >= 15 is 0 Å². The molecule has 2 amide bonds. The first-order chi connectivity index (χ1) is 14.0. The third-order valence-corrected chi connectivity index (χ3v) is 5.24. The second-order valence-electron chi connectivity index (χ2n) is 6.02. The lowest BCUT2D eigenvalue weighted by atomic mass is 10.2. The minimum absolute atomic E-state index is 0.0129. The summed E-state index contributed by atoms with van der Waals surface area (Å²) in [5.41, 5.74) is 0.796. The van der Waals surface area contributed by atoms with Crippen molar-refractivity contribution < 1.29 is 28.4 Å². The van der Waals surface area contributed by atoms with Crippen molar-refractivity contribution in [1.29, 1.82) is 0 Å². The van der Waals surface area contributed by atoms with Crippen molar-refractivity contribution >= 4 is 28.8 Å². The molecule has 0 fully saturated rings. The molecule has 0 aliphatic rings. The van der Waals surface area contributed by atoms with Gasteiger partial charge in [-0.05, 0) is 24.1 Å². The largest absolute Gasteiger partial charge is 0.480 e. The summed E-state index contributed by atoms with van der Waals surface area (Å²) in [6.45, 7) is -0.378. The maximum atomic E-state index is 12.2. The summed E-state index contributed by atoms with van der Waals surface area (Å²) in [5, 5.41) is 13.8. The molecule has 29 heavy (non-hydrogen) atoms. The van der Waals surface area contributed by atoms with Gasteiger partial charge >= 0.3 is 12.1 Å². The molecule has 2 aromatic rings. The first-order valence-corrected chi connectivity index (χ1v) is 10.2. The number of carboxylic acids is 1. The maximum Gasteiger partial charge on any atom is 0.407 e. The van der Waals surface area contributed by atoms with Crippen LogP contribution in [0, 0.1) is 0 Å². The Hall–Kier alpha value is -3.20. The number of amides is 2. The zero-order chi connectivity index (χ0) is 21.1. The fraction of sp³-hybridized carbons (Fsp3) is 0.250. The number of benzene rings is 2. The van der Waals surface area contributed by atoms with Crippen LogP contribution in [0.4, 0.5) is 4.79 Å². The number of hydrogen-bond acceptors (Lipinski definition) is 5. The second kappa shape index (κ2) is 11.6. The van der Waals surface area contributed by atoms with Gasteiger partial charge in [-0.15, -0.1) is 0 Å². The number of hydrogen-bond donors (Lipinski definition) is 3. The number of ether oxygens (including phenoxy) is 1. The summed E-state index contributed by atoms with van der Waals surface area (Å²) in [6, 6.07) is 16.5. The number of aliphatic carboxylic acids is 1. The SMILES string of the molecule is O=C(CNC(=O)OCc1ccccc1)N[C@H](CC[S@](=O)c1ccccc1)C(=O)O. The van der Waals surface area contributed by atoms with Gasteiger partial charge in [-0.25, -0.2) is 9.59 Å². The molecule has 0 radical (unpaired) electrons. The number of carbonyl (C=O) groups is 3. The quantitative estimate of drug-likeness (QED) is 0.540. The Morgan fingerprint density at radius 1 is 1.00 bits per heavy atom. The minimum atomic E-state index is -1.37. The highest BCUT2D eigenvalue weighted by Crippen LogP contribution is 2.08. The van der Waals surface area contributed by atoms with E-state index in [2.05, 4.69) is 10.6 Å². The summed E-state index contributed by atoms with van der Waals surface area (Å²) in [6.07, 6.45) is -0.804. The van der Waals surface area contributed by atoms with E-state index in [1.165, 1.54) is 0 Å². The Labute approximate surface area is 170 Å². The van der Waals surface area contributed by atoms with E-state index in [1.54, 1.807) is 54.6 Å². The van der Waals surface area contributed by atoms with Crippen molar-refractivity contribution in [3.8, 4) is 0 Å². The molecule has 0 aliphatic carbocycles. The second-order valence-corrected chi connectivity index (χ2v) is 7.60. The molecule has 8 nitrogen and oxygen atoms in total. The van der Waals surface area contributed by atoms with Gasteiger partial charge in [0.1, 0.15) is 19.2 Å². The lowest BCUT2D eigenvalue weighted by molar-refractivity contribution is -0.141. The van der Waals surface area contributed by atoms with Crippen LogP contribution in [-0.2, 0) is 31.7 Å². The Bertz CT molecular complexity index is 845. The molecule has 0 bridgehead atoms. The number of alkyl carbamates (subject to hydrolysis) is 1. The monoisotopic (exact) mass is 418 g/mol.